The van der Waals surface area contributed by atoms with Crippen LogP contribution in [0.25, 0.3) is 11.1 Å². The second-order valence-corrected chi connectivity index (χ2v) is 4.78. The van der Waals surface area contributed by atoms with Crippen LogP contribution in [0.4, 0.5) is 4.39 Å². The van der Waals surface area contributed by atoms with Gasteiger partial charge in [0.2, 0.25) is 0 Å². The van der Waals surface area contributed by atoms with Crippen LogP contribution in [0, 0.1) is 5.82 Å². The van der Waals surface area contributed by atoms with E-state index in [2.05, 4.69) is 0 Å². The van der Waals surface area contributed by atoms with Gasteiger partial charge in [-0.15, -0.1) is 0 Å². The van der Waals surface area contributed by atoms with Crippen LogP contribution in [-0.2, 0) is 6.61 Å². The Morgan fingerprint density at radius 3 is 2.14 bits per heavy atom. The van der Waals surface area contributed by atoms with Crippen molar-refractivity contribution in [1.29, 1.82) is 0 Å². The van der Waals surface area contributed by atoms with E-state index in [0.717, 1.165) is 22.4 Å². The average Bonchev–Trinajstić information content (AvgIpc) is 2.55. The standard InChI is InChI=1S/C19H15FO/c20-17-12-10-16(11-13-17)18-8-4-5-9-19(18)21-14-15-6-2-1-3-7-15/h1-13H,14H2. The van der Waals surface area contributed by atoms with Crippen molar-refractivity contribution >= 4 is 0 Å². The zero-order chi connectivity index (χ0) is 14.5. The first kappa shape index (κ1) is 13.4. The van der Waals surface area contributed by atoms with Crippen LogP contribution in [0.15, 0.2) is 78.9 Å². The highest BCUT2D eigenvalue weighted by atomic mass is 19.1. The number of hydrogen-bond acceptors (Lipinski definition) is 1. The molecule has 0 spiro atoms. The zero-order valence-corrected chi connectivity index (χ0v) is 11.5. The minimum atomic E-state index is -0.235. The molecule has 0 radical (unpaired) electrons. The van der Waals surface area contributed by atoms with Crippen LogP contribution < -0.4 is 4.74 Å². The fourth-order valence-electron chi connectivity index (χ4n) is 2.20. The summed E-state index contributed by atoms with van der Waals surface area (Å²) < 4.78 is 19.0. The van der Waals surface area contributed by atoms with Crippen LogP contribution >= 0.6 is 0 Å². The molecule has 1 nitrogen and oxygen atoms in total. The van der Waals surface area contributed by atoms with Gasteiger partial charge in [-0.1, -0.05) is 60.7 Å². The Hall–Kier alpha value is -2.61. The molecular formula is C19H15FO. The maximum Gasteiger partial charge on any atom is 0.127 e. The van der Waals surface area contributed by atoms with Crippen molar-refractivity contribution in [3.8, 4) is 16.9 Å². The maximum atomic E-state index is 13.0. The quantitative estimate of drug-likeness (QED) is 0.647. The molecule has 0 N–H and O–H groups in total. The molecule has 2 heteroatoms. The molecule has 0 aliphatic rings. The Labute approximate surface area is 123 Å². The van der Waals surface area contributed by atoms with Crippen molar-refractivity contribution in [3.05, 3.63) is 90.2 Å². The lowest BCUT2D eigenvalue weighted by Gasteiger charge is -2.11. The van der Waals surface area contributed by atoms with Gasteiger partial charge in [-0.3, -0.25) is 0 Å². The fraction of sp³-hybridized carbons (Fsp3) is 0.0526. The largest absolute Gasteiger partial charge is 0.488 e. The van der Waals surface area contributed by atoms with Gasteiger partial charge in [-0.25, -0.2) is 4.39 Å². The van der Waals surface area contributed by atoms with Crippen molar-refractivity contribution in [1.82, 2.24) is 0 Å². The number of halogens is 1. The zero-order valence-electron chi connectivity index (χ0n) is 11.5. The molecule has 0 aliphatic carbocycles. The Morgan fingerprint density at radius 1 is 0.714 bits per heavy atom. The van der Waals surface area contributed by atoms with Crippen molar-refractivity contribution in [2.45, 2.75) is 6.61 Å². The summed E-state index contributed by atoms with van der Waals surface area (Å²) >= 11 is 0. The molecule has 3 rings (SSSR count). The van der Waals surface area contributed by atoms with E-state index in [4.69, 9.17) is 4.74 Å². The van der Waals surface area contributed by atoms with Gasteiger partial charge in [0, 0.05) is 5.56 Å². The van der Waals surface area contributed by atoms with Gasteiger partial charge in [0.25, 0.3) is 0 Å². The molecule has 0 unspecified atom stereocenters. The van der Waals surface area contributed by atoms with E-state index in [1.165, 1.54) is 12.1 Å². The van der Waals surface area contributed by atoms with E-state index >= 15 is 0 Å². The van der Waals surface area contributed by atoms with Gasteiger partial charge in [-0.2, -0.15) is 0 Å². The van der Waals surface area contributed by atoms with Crippen molar-refractivity contribution in [2.75, 3.05) is 0 Å². The highest BCUT2D eigenvalue weighted by molar-refractivity contribution is 5.70. The second kappa shape index (κ2) is 6.23. The molecule has 0 atom stereocenters. The highest BCUT2D eigenvalue weighted by Gasteiger charge is 2.06. The summed E-state index contributed by atoms with van der Waals surface area (Å²) in [7, 11) is 0. The summed E-state index contributed by atoms with van der Waals surface area (Å²) in [6.45, 7) is 0.513. The normalized spacial score (nSPS) is 10.3. The van der Waals surface area contributed by atoms with Gasteiger partial charge in [-0.05, 0) is 29.3 Å². The Kier molecular flexibility index (Phi) is 3.97. The van der Waals surface area contributed by atoms with Gasteiger partial charge in [0.05, 0.1) is 0 Å². The first-order valence-electron chi connectivity index (χ1n) is 6.84. The Balaban J connectivity index is 1.84. The number of para-hydroxylation sites is 1. The minimum absolute atomic E-state index is 0.235. The molecule has 104 valence electrons. The van der Waals surface area contributed by atoms with Crippen LogP contribution in [0.5, 0.6) is 5.75 Å². The van der Waals surface area contributed by atoms with Crippen LogP contribution in [-0.4, -0.2) is 0 Å². The van der Waals surface area contributed by atoms with Gasteiger partial charge in [0.15, 0.2) is 0 Å². The summed E-state index contributed by atoms with van der Waals surface area (Å²) in [4.78, 5) is 0. The molecule has 21 heavy (non-hydrogen) atoms. The Bertz CT molecular complexity index is 705. The Morgan fingerprint density at radius 2 is 1.38 bits per heavy atom. The first-order valence-corrected chi connectivity index (χ1v) is 6.84. The minimum Gasteiger partial charge on any atom is -0.488 e. The summed E-state index contributed by atoms with van der Waals surface area (Å²) in [6, 6.07) is 24.3. The van der Waals surface area contributed by atoms with E-state index < -0.39 is 0 Å². The van der Waals surface area contributed by atoms with Crippen molar-refractivity contribution in [3.63, 3.8) is 0 Å². The van der Waals surface area contributed by atoms with E-state index in [-0.39, 0.29) is 5.82 Å². The monoisotopic (exact) mass is 278 g/mol. The topological polar surface area (TPSA) is 9.23 Å². The fourth-order valence-corrected chi connectivity index (χ4v) is 2.20. The van der Waals surface area contributed by atoms with E-state index in [1.807, 2.05) is 54.6 Å². The lowest BCUT2D eigenvalue weighted by Crippen LogP contribution is -1.96. The van der Waals surface area contributed by atoms with Crippen LogP contribution in [0.1, 0.15) is 5.56 Å². The van der Waals surface area contributed by atoms with E-state index in [1.54, 1.807) is 12.1 Å². The third-order valence-corrected chi connectivity index (χ3v) is 3.28. The number of hydrogen-bond donors (Lipinski definition) is 0. The first-order chi connectivity index (χ1) is 10.3. The van der Waals surface area contributed by atoms with E-state index in [9.17, 15) is 4.39 Å². The van der Waals surface area contributed by atoms with Crippen LogP contribution in [0.2, 0.25) is 0 Å². The molecule has 0 aliphatic heterocycles. The third kappa shape index (κ3) is 3.29. The number of benzene rings is 3. The SMILES string of the molecule is Fc1ccc(-c2ccccc2OCc2ccccc2)cc1. The molecule has 3 aromatic carbocycles. The summed E-state index contributed by atoms with van der Waals surface area (Å²) in [5, 5.41) is 0. The smallest absolute Gasteiger partial charge is 0.127 e. The van der Waals surface area contributed by atoms with Gasteiger partial charge >= 0.3 is 0 Å². The molecule has 0 heterocycles. The summed E-state index contributed by atoms with van der Waals surface area (Å²) in [6.07, 6.45) is 0. The van der Waals surface area contributed by atoms with Gasteiger partial charge < -0.3 is 4.74 Å². The second-order valence-electron chi connectivity index (χ2n) is 4.78. The van der Waals surface area contributed by atoms with Crippen LogP contribution in [0.3, 0.4) is 0 Å². The average molecular weight is 278 g/mol. The maximum absolute atomic E-state index is 13.0. The van der Waals surface area contributed by atoms with Crippen molar-refractivity contribution in [2.24, 2.45) is 0 Å². The lowest BCUT2D eigenvalue weighted by atomic mass is 10.0. The van der Waals surface area contributed by atoms with E-state index in [0.29, 0.717) is 6.61 Å². The predicted molar refractivity (Wildman–Crippen MR) is 82.6 cm³/mol. The third-order valence-electron chi connectivity index (χ3n) is 3.28. The predicted octanol–water partition coefficient (Wildman–Crippen LogP) is 5.07. The number of rotatable bonds is 4. The van der Waals surface area contributed by atoms with Gasteiger partial charge in [0.1, 0.15) is 18.2 Å². The van der Waals surface area contributed by atoms with Crippen molar-refractivity contribution < 1.29 is 9.13 Å². The molecule has 0 amide bonds. The molecule has 0 aromatic heterocycles. The molecule has 0 saturated carbocycles. The molecule has 0 bridgehead atoms. The molecule has 0 fully saturated rings. The molecular weight excluding hydrogens is 263 g/mol. The molecule has 3 aromatic rings. The summed E-state index contributed by atoms with van der Waals surface area (Å²) in [5.74, 6) is 0.564. The summed E-state index contributed by atoms with van der Waals surface area (Å²) in [5.41, 5.74) is 3.03. The number of ether oxygens (including phenoxy) is 1. The lowest BCUT2D eigenvalue weighted by molar-refractivity contribution is 0.307. The highest BCUT2D eigenvalue weighted by Crippen LogP contribution is 2.30. The molecule has 0 saturated heterocycles.